The number of nitrogens with zero attached hydrogens (tertiary/aromatic N) is 6. The van der Waals surface area contributed by atoms with E-state index in [-0.39, 0.29) is 17.2 Å². The van der Waals surface area contributed by atoms with Crippen LogP contribution in [0.2, 0.25) is 0 Å². The van der Waals surface area contributed by atoms with Gasteiger partial charge in [-0.1, -0.05) is 115 Å². The van der Waals surface area contributed by atoms with Gasteiger partial charge in [0.1, 0.15) is 0 Å². The lowest BCUT2D eigenvalue weighted by atomic mass is 9.97. The van der Waals surface area contributed by atoms with Crippen molar-refractivity contribution in [2.45, 2.75) is 25.5 Å². The highest BCUT2D eigenvalue weighted by Crippen LogP contribution is 2.45. The van der Waals surface area contributed by atoms with Crippen molar-refractivity contribution < 1.29 is 39.5 Å². The summed E-state index contributed by atoms with van der Waals surface area (Å²) < 4.78 is 132. The number of aryl methyl sites for hydroxylation is 1. The first kappa shape index (κ1) is 50.6. The number of fused-ring (bicyclic) bond motifs is 6. The van der Waals surface area contributed by atoms with Gasteiger partial charge in [-0.15, -0.1) is 0 Å². The molecule has 0 aliphatic carbocycles. The van der Waals surface area contributed by atoms with E-state index >= 15 is 0 Å². The van der Waals surface area contributed by atoms with Crippen molar-refractivity contribution in [2.24, 2.45) is 0 Å². The van der Waals surface area contributed by atoms with Crippen LogP contribution in [0.25, 0.3) is 123 Å². The molecule has 0 atom stereocenters. The fraction of sp³-hybridized carbons (Fsp3) is 0.0606. The van der Waals surface area contributed by atoms with Crippen molar-refractivity contribution in [2.75, 3.05) is 0 Å². The second-order valence-electron chi connectivity index (χ2n) is 19.7. The molecular weight excluding hydrogens is 1050 g/mol. The van der Waals surface area contributed by atoms with Gasteiger partial charge in [0.05, 0.1) is 50.1 Å². The maximum atomic E-state index is 14.2. The average Bonchev–Trinajstić information content (AvgIpc) is 3.57. The van der Waals surface area contributed by atoms with Crippen LogP contribution in [0.15, 0.2) is 219 Å². The Morgan fingerprint density at radius 1 is 0.321 bits per heavy atom. The SMILES string of the molecule is Cc1cc(-c2ccc3c(c2)c2ccccc2n3-c2ccc(-c3nc(-c4ccccc4)nc(-c4ccccc4)n3)cc2-c2cnccc2-n2c3ccccc3c3cc(-c4cc(C(F)(F)F)cc(C(F)(F)F)c4)ccc32)cc(C(F)(F)F)c1. The molecule has 0 spiro atoms. The smallest absolute Gasteiger partial charge is 0.309 e. The van der Waals surface area contributed by atoms with E-state index in [0.29, 0.717) is 84.0 Å². The van der Waals surface area contributed by atoms with Crippen LogP contribution >= 0.6 is 0 Å². The third-order valence-corrected chi connectivity index (χ3v) is 14.5. The van der Waals surface area contributed by atoms with Crippen molar-refractivity contribution in [1.29, 1.82) is 0 Å². The molecule has 0 N–H and O–H groups in total. The van der Waals surface area contributed by atoms with E-state index in [1.165, 1.54) is 6.07 Å². The van der Waals surface area contributed by atoms with Gasteiger partial charge in [0, 0.05) is 61.8 Å². The standard InChI is InChI=1S/C66H39F9N6/c1-38-28-44(30-46(29-38)64(67,68)69)41-20-23-57-51(33-41)49-16-8-10-18-55(49)80(57)59-25-22-43(63-78-61(39-12-4-2-5-13-39)77-62(79-63)40-14-6-3-7-15-40)35-53(59)54-37-76-27-26-60(54)81-56-19-11-9-17-50(56)52-34-42(21-24-58(52)81)45-31-47(65(70,71)72)36-48(32-45)66(73,74)75/h2-37H,1H3. The third kappa shape index (κ3) is 9.19. The van der Waals surface area contributed by atoms with Crippen molar-refractivity contribution in [1.82, 2.24) is 29.1 Å². The zero-order valence-corrected chi connectivity index (χ0v) is 42.4. The number of halogens is 9. The summed E-state index contributed by atoms with van der Waals surface area (Å²) in [5.74, 6) is 1.23. The first-order valence-electron chi connectivity index (χ1n) is 25.5. The minimum absolute atomic E-state index is 0.116. The van der Waals surface area contributed by atoms with Crippen LogP contribution in [0.4, 0.5) is 39.5 Å². The minimum Gasteiger partial charge on any atom is -0.309 e. The van der Waals surface area contributed by atoms with Gasteiger partial charge in [-0.3, -0.25) is 4.98 Å². The fourth-order valence-corrected chi connectivity index (χ4v) is 10.9. The molecule has 0 radical (unpaired) electrons. The zero-order chi connectivity index (χ0) is 56.0. The van der Waals surface area contributed by atoms with Gasteiger partial charge in [0.2, 0.25) is 0 Å². The number of hydrogen-bond acceptors (Lipinski definition) is 4. The molecule has 0 unspecified atom stereocenters. The molecule has 9 aromatic carbocycles. The van der Waals surface area contributed by atoms with Crippen LogP contribution in [0, 0.1) is 6.92 Å². The second kappa shape index (κ2) is 19.2. The van der Waals surface area contributed by atoms with E-state index in [9.17, 15) is 39.5 Å². The molecule has 15 heteroatoms. The monoisotopic (exact) mass is 1090 g/mol. The highest BCUT2D eigenvalue weighted by Gasteiger charge is 2.37. The average molecular weight is 1090 g/mol. The van der Waals surface area contributed by atoms with Crippen LogP contribution in [-0.2, 0) is 18.5 Å². The summed E-state index contributed by atoms with van der Waals surface area (Å²) in [6.45, 7) is 1.64. The number of para-hydroxylation sites is 2. The molecule has 4 aromatic heterocycles. The van der Waals surface area contributed by atoms with Crippen molar-refractivity contribution in [3.8, 4) is 78.9 Å². The minimum atomic E-state index is -5.05. The predicted molar refractivity (Wildman–Crippen MR) is 299 cm³/mol. The Kier molecular flexibility index (Phi) is 12.0. The third-order valence-electron chi connectivity index (χ3n) is 14.5. The Morgan fingerprint density at radius 2 is 0.741 bits per heavy atom. The van der Waals surface area contributed by atoms with Gasteiger partial charge < -0.3 is 9.13 Å². The van der Waals surface area contributed by atoms with Gasteiger partial charge in [0.15, 0.2) is 17.5 Å². The molecule has 0 aliphatic heterocycles. The van der Waals surface area contributed by atoms with E-state index in [4.69, 9.17) is 19.9 Å². The molecule has 13 aromatic rings. The van der Waals surface area contributed by atoms with Gasteiger partial charge in [-0.25, -0.2) is 15.0 Å². The summed E-state index contributed by atoms with van der Waals surface area (Å²) in [6, 6.07) is 58.0. The number of alkyl halides is 9. The van der Waals surface area contributed by atoms with Crippen LogP contribution in [0.3, 0.4) is 0 Å². The summed E-state index contributed by atoms with van der Waals surface area (Å²) in [5, 5.41) is 2.85. The van der Waals surface area contributed by atoms with Crippen molar-refractivity contribution in [3.63, 3.8) is 0 Å². The normalized spacial score (nSPS) is 12.3. The summed E-state index contributed by atoms with van der Waals surface area (Å²) >= 11 is 0. The van der Waals surface area contributed by atoms with Gasteiger partial charge >= 0.3 is 18.5 Å². The predicted octanol–water partition coefficient (Wildman–Crippen LogP) is 18.8. The van der Waals surface area contributed by atoms with E-state index < -0.39 is 35.2 Å². The molecule has 81 heavy (non-hydrogen) atoms. The first-order chi connectivity index (χ1) is 38.9. The summed E-state index contributed by atoms with van der Waals surface area (Å²) in [5.41, 5.74) is 5.24. The first-order valence-corrected chi connectivity index (χ1v) is 25.5. The number of benzene rings is 9. The molecule has 0 aliphatic rings. The van der Waals surface area contributed by atoms with E-state index in [2.05, 4.69) is 4.57 Å². The Morgan fingerprint density at radius 3 is 1.25 bits per heavy atom. The summed E-state index contributed by atoms with van der Waals surface area (Å²) in [6.07, 6.45) is -11.3. The summed E-state index contributed by atoms with van der Waals surface area (Å²) in [4.78, 5) is 19.8. The molecule has 396 valence electrons. The molecule has 0 amide bonds. The fourth-order valence-electron chi connectivity index (χ4n) is 10.9. The highest BCUT2D eigenvalue weighted by molar-refractivity contribution is 6.13. The number of aromatic nitrogens is 6. The Bertz CT molecular complexity index is 4530. The molecule has 13 rings (SSSR count). The maximum absolute atomic E-state index is 14.2. The molecule has 6 nitrogen and oxygen atoms in total. The van der Waals surface area contributed by atoms with Gasteiger partial charge in [0.25, 0.3) is 0 Å². The molecule has 0 saturated heterocycles. The quantitative estimate of drug-likeness (QED) is 0.142. The van der Waals surface area contributed by atoms with Crippen LogP contribution in [0.1, 0.15) is 22.3 Å². The number of hydrogen-bond donors (Lipinski definition) is 0. The highest BCUT2D eigenvalue weighted by atomic mass is 19.4. The second-order valence-corrected chi connectivity index (χ2v) is 19.7. The maximum Gasteiger partial charge on any atom is 0.416 e. The van der Waals surface area contributed by atoms with Crippen LogP contribution in [-0.4, -0.2) is 29.1 Å². The van der Waals surface area contributed by atoms with Crippen LogP contribution in [0.5, 0.6) is 0 Å². The van der Waals surface area contributed by atoms with E-state index in [1.54, 1.807) is 37.5 Å². The van der Waals surface area contributed by atoms with E-state index in [0.717, 1.165) is 57.2 Å². The van der Waals surface area contributed by atoms with E-state index in [1.807, 2.05) is 156 Å². The molecular formula is C66H39F9N6. The number of pyridine rings is 1. The molecule has 0 saturated carbocycles. The lowest BCUT2D eigenvalue weighted by Gasteiger charge is -2.19. The summed E-state index contributed by atoms with van der Waals surface area (Å²) in [7, 11) is 0. The molecule has 0 fully saturated rings. The topological polar surface area (TPSA) is 61.4 Å². The van der Waals surface area contributed by atoms with Crippen LogP contribution < -0.4 is 0 Å². The van der Waals surface area contributed by atoms with Crippen molar-refractivity contribution >= 4 is 43.6 Å². The van der Waals surface area contributed by atoms with Gasteiger partial charge in [-0.05, 0) is 126 Å². The number of rotatable bonds is 8. The van der Waals surface area contributed by atoms with Gasteiger partial charge in [-0.2, -0.15) is 39.5 Å². The molecule has 4 heterocycles. The Hall–Kier alpha value is -9.89. The lowest BCUT2D eigenvalue weighted by molar-refractivity contribution is -0.143. The molecule has 0 bridgehead atoms. The lowest BCUT2D eigenvalue weighted by Crippen LogP contribution is -2.11. The Labute approximate surface area is 455 Å². The zero-order valence-electron chi connectivity index (χ0n) is 42.4. The Balaban J connectivity index is 1.06. The largest absolute Gasteiger partial charge is 0.416 e. The van der Waals surface area contributed by atoms with Crippen molar-refractivity contribution in [3.05, 3.63) is 241 Å².